The molecule has 0 amide bonds. The predicted molar refractivity (Wildman–Crippen MR) is 145 cm³/mol. The van der Waals surface area contributed by atoms with Gasteiger partial charge in [0.1, 0.15) is 4.32 Å². The van der Waals surface area contributed by atoms with Gasteiger partial charge in [-0.15, -0.1) is 0 Å². The molecule has 0 heterocycles. The van der Waals surface area contributed by atoms with E-state index in [1.165, 1.54) is 50.7 Å². The third-order valence-corrected chi connectivity index (χ3v) is 8.78. The molecule has 0 saturated heterocycles. The normalized spacial score (nSPS) is 12.8. The number of rotatable bonds is 23. The van der Waals surface area contributed by atoms with E-state index in [1.807, 2.05) is 46.4 Å². The summed E-state index contributed by atoms with van der Waals surface area (Å²) in [5.74, 6) is 3.08. The van der Waals surface area contributed by atoms with Crippen LogP contribution in [0.15, 0.2) is 0 Å². The van der Waals surface area contributed by atoms with Crippen LogP contribution in [0.5, 0.6) is 0 Å². The Kier molecular flexibility index (Phi) is 21.2. The third-order valence-electron chi connectivity index (χ3n) is 4.73. The molecule has 0 saturated carbocycles. The molecule has 0 radical (unpaired) electrons. The summed E-state index contributed by atoms with van der Waals surface area (Å²) in [7, 11) is -1.81. The van der Waals surface area contributed by atoms with Gasteiger partial charge in [-0.05, 0) is 65.4 Å². The molecule has 194 valence electrons. The molecule has 0 aromatic rings. The van der Waals surface area contributed by atoms with Crippen LogP contribution in [0.25, 0.3) is 0 Å². The number of thioether (sulfide) groups is 1. The monoisotopic (exact) mass is 560 g/mol. The van der Waals surface area contributed by atoms with Gasteiger partial charge in [0.05, 0.1) is 37.3 Å². The van der Waals surface area contributed by atoms with Crippen molar-refractivity contribution in [1.82, 2.24) is 0 Å². The number of esters is 1. The first kappa shape index (κ1) is 32.5. The highest BCUT2D eigenvalue weighted by atomic mass is 79.9. The van der Waals surface area contributed by atoms with E-state index < -0.39 is 15.2 Å². The van der Waals surface area contributed by atoms with Crippen molar-refractivity contribution >= 4 is 44.5 Å². The first-order chi connectivity index (χ1) is 15.3. The number of hydrogen-bond donors (Lipinski definition) is 0. The van der Waals surface area contributed by atoms with Crippen molar-refractivity contribution in [3.05, 3.63) is 0 Å². The summed E-state index contributed by atoms with van der Waals surface area (Å²) in [6, 6.07) is 0. The highest BCUT2D eigenvalue weighted by Gasteiger charge is 2.26. The molecule has 0 aromatic heterocycles. The van der Waals surface area contributed by atoms with Crippen LogP contribution < -0.4 is 0 Å². The Hall–Kier alpha value is 0.530. The molecule has 0 atom stereocenters. The average Bonchev–Trinajstić information content (AvgIpc) is 2.73. The van der Waals surface area contributed by atoms with Crippen LogP contribution in [-0.4, -0.2) is 54.0 Å². The summed E-state index contributed by atoms with van der Waals surface area (Å²) >= 11 is 5.36. The summed E-state index contributed by atoms with van der Waals surface area (Å²) in [4.78, 5) is 11.6. The first-order valence-electron chi connectivity index (χ1n) is 12.5. The quantitative estimate of drug-likeness (QED) is 0.0716. The Bertz CT molecular complexity index is 430. The van der Waals surface area contributed by atoms with Gasteiger partial charge >= 0.3 is 5.97 Å². The van der Waals surface area contributed by atoms with E-state index in [0.29, 0.717) is 26.4 Å². The van der Waals surface area contributed by atoms with Gasteiger partial charge in [0.2, 0.25) is 0 Å². The Morgan fingerprint density at radius 1 is 0.750 bits per heavy atom. The van der Waals surface area contributed by atoms with E-state index in [1.54, 1.807) is 0 Å². The van der Waals surface area contributed by atoms with Gasteiger partial charge < -0.3 is 4.74 Å². The van der Waals surface area contributed by atoms with Crippen molar-refractivity contribution in [2.24, 2.45) is 0 Å². The summed E-state index contributed by atoms with van der Waals surface area (Å²) in [6.07, 6.45) is 12.3. The lowest BCUT2D eigenvalue weighted by Gasteiger charge is -2.36. The molecule has 0 aromatic carbocycles. The molecule has 0 aliphatic rings. The van der Waals surface area contributed by atoms with Gasteiger partial charge in [-0.25, -0.2) is 0 Å². The zero-order valence-corrected chi connectivity index (χ0v) is 24.5. The molecule has 32 heavy (non-hydrogen) atoms. The van der Waals surface area contributed by atoms with Crippen LogP contribution in [0, 0.1) is 0 Å². The molecular weight excluding hydrogens is 512 g/mol. The maximum Gasteiger partial charge on any atom is 0.322 e. The Morgan fingerprint density at radius 3 is 1.66 bits per heavy atom. The minimum absolute atomic E-state index is 0.175. The molecule has 0 N–H and O–H groups in total. The number of carbonyl (C=O) groups excluding carboxylic acids is 1. The molecule has 0 aliphatic heterocycles. The van der Waals surface area contributed by atoms with E-state index >= 15 is 0 Å². The lowest BCUT2D eigenvalue weighted by Crippen LogP contribution is -2.26. The minimum atomic E-state index is -1.81. The molecule has 0 bridgehead atoms. The number of ether oxygens (including phenoxy) is 1. The van der Waals surface area contributed by atoms with Gasteiger partial charge in [-0.1, -0.05) is 60.9 Å². The molecule has 8 heteroatoms. The largest absolute Gasteiger partial charge is 0.465 e. The van der Waals surface area contributed by atoms with Gasteiger partial charge in [-0.3, -0.25) is 17.3 Å². The standard InChI is InChI=1S/C24H49BrO5S2/c1-6-28-32(29-7-2,30-8-3)22-18-21-31-20-17-15-13-11-9-10-12-14-16-19-27-23(26)24(4,5)25/h6-22H2,1-5H3. The zero-order valence-electron chi connectivity index (χ0n) is 21.3. The lowest BCUT2D eigenvalue weighted by atomic mass is 10.1. The molecule has 5 nitrogen and oxygen atoms in total. The van der Waals surface area contributed by atoms with Crippen LogP contribution in [0.4, 0.5) is 0 Å². The average molecular weight is 562 g/mol. The molecule has 0 fully saturated rings. The van der Waals surface area contributed by atoms with E-state index in [9.17, 15) is 4.79 Å². The second kappa shape index (κ2) is 20.9. The Morgan fingerprint density at radius 2 is 1.19 bits per heavy atom. The summed E-state index contributed by atoms with van der Waals surface area (Å²) in [6.45, 7) is 12.1. The molecule has 0 aliphatic carbocycles. The van der Waals surface area contributed by atoms with Crippen molar-refractivity contribution in [3.8, 4) is 0 Å². The van der Waals surface area contributed by atoms with E-state index in [4.69, 9.17) is 17.3 Å². The maximum atomic E-state index is 11.6. The minimum Gasteiger partial charge on any atom is -0.465 e. The smallest absolute Gasteiger partial charge is 0.322 e. The van der Waals surface area contributed by atoms with Crippen LogP contribution in [0.3, 0.4) is 0 Å². The van der Waals surface area contributed by atoms with Crippen molar-refractivity contribution in [2.75, 3.05) is 43.7 Å². The molecular formula is C24H49BrO5S2. The third kappa shape index (κ3) is 17.9. The zero-order chi connectivity index (χ0) is 24.1. The Balaban J connectivity index is 3.49. The van der Waals surface area contributed by atoms with Crippen molar-refractivity contribution < 1.29 is 22.1 Å². The second-order valence-corrected chi connectivity index (χ2v) is 13.7. The SMILES string of the molecule is CCOS(CCCSCCCCCCCCCCCOC(=O)C(C)(C)Br)(OCC)OCC. The van der Waals surface area contributed by atoms with Gasteiger partial charge in [0.15, 0.2) is 0 Å². The van der Waals surface area contributed by atoms with E-state index in [2.05, 4.69) is 15.9 Å². The van der Waals surface area contributed by atoms with Crippen LogP contribution >= 0.6 is 38.6 Å². The predicted octanol–water partition coefficient (Wildman–Crippen LogP) is 8.00. The van der Waals surface area contributed by atoms with Crippen molar-refractivity contribution in [3.63, 3.8) is 0 Å². The number of carbonyl (C=O) groups is 1. The Labute approximate surface area is 212 Å². The molecule has 0 unspecified atom stereocenters. The number of halogens is 1. The number of alkyl halides is 1. The summed E-state index contributed by atoms with van der Waals surface area (Å²) in [5.41, 5.74) is 0. The second-order valence-electron chi connectivity index (χ2n) is 8.24. The fourth-order valence-electron chi connectivity index (χ4n) is 3.14. The summed E-state index contributed by atoms with van der Waals surface area (Å²) < 4.78 is 22.3. The van der Waals surface area contributed by atoms with Crippen LogP contribution in [0.2, 0.25) is 0 Å². The number of hydrogen-bond acceptors (Lipinski definition) is 6. The van der Waals surface area contributed by atoms with E-state index in [-0.39, 0.29) is 5.97 Å². The highest BCUT2D eigenvalue weighted by Crippen LogP contribution is 2.52. The summed E-state index contributed by atoms with van der Waals surface area (Å²) in [5, 5.41) is 0. The van der Waals surface area contributed by atoms with E-state index in [0.717, 1.165) is 30.8 Å². The molecule has 0 spiro atoms. The topological polar surface area (TPSA) is 54.0 Å². The maximum absolute atomic E-state index is 11.6. The fourth-order valence-corrected chi connectivity index (χ4v) is 6.53. The van der Waals surface area contributed by atoms with Crippen molar-refractivity contribution in [1.29, 1.82) is 0 Å². The molecule has 0 rings (SSSR count). The fraction of sp³-hybridized carbons (Fsp3) is 0.958. The van der Waals surface area contributed by atoms with Gasteiger partial charge in [0, 0.05) is 5.75 Å². The number of unbranched alkanes of at least 4 members (excludes halogenated alkanes) is 8. The van der Waals surface area contributed by atoms with Gasteiger partial charge in [-0.2, -0.15) is 11.8 Å². The van der Waals surface area contributed by atoms with Crippen molar-refractivity contribution in [2.45, 2.75) is 103 Å². The lowest BCUT2D eigenvalue weighted by molar-refractivity contribution is -0.145. The van der Waals surface area contributed by atoms with Gasteiger partial charge in [0.25, 0.3) is 0 Å². The highest BCUT2D eigenvalue weighted by molar-refractivity contribution is 9.10. The van der Waals surface area contributed by atoms with Crippen LogP contribution in [0.1, 0.15) is 98.8 Å². The van der Waals surface area contributed by atoms with Crippen LogP contribution in [-0.2, 0) is 22.1 Å². The first-order valence-corrected chi connectivity index (χ1v) is 16.0.